The standard InChI is InChI=1S/C4H7ClN4.C2H6/c5-4-8-1-2(6)3(7)9-4;1-2/h1,4,8H,6H2,(H2,7,9);1-2H3. The van der Waals surface area contributed by atoms with Gasteiger partial charge in [-0.3, -0.25) is 0 Å². The topological polar surface area (TPSA) is 76.4 Å². The van der Waals surface area contributed by atoms with E-state index >= 15 is 0 Å². The van der Waals surface area contributed by atoms with Gasteiger partial charge in [-0.1, -0.05) is 25.4 Å². The van der Waals surface area contributed by atoms with Gasteiger partial charge in [-0.2, -0.15) is 0 Å². The molecule has 0 aliphatic carbocycles. The van der Waals surface area contributed by atoms with Crippen LogP contribution in [0.15, 0.2) is 16.9 Å². The Kier molecular flexibility index (Phi) is 4.45. The van der Waals surface area contributed by atoms with Crippen LogP contribution in [-0.2, 0) is 0 Å². The van der Waals surface area contributed by atoms with E-state index in [0.717, 1.165) is 0 Å². The summed E-state index contributed by atoms with van der Waals surface area (Å²) in [5.74, 6) is 0.286. The number of hydrogen-bond donors (Lipinski definition) is 3. The highest BCUT2D eigenvalue weighted by Gasteiger charge is 2.07. The summed E-state index contributed by atoms with van der Waals surface area (Å²) in [4.78, 5) is 3.72. The molecule has 64 valence electrons. The lowest BCUT2D eigenvalue weighted by molar-refractivity contribution is 0.787. The molecule has 1 rings (SSSR count). The summed E-state index contributed by atoms with van der Waals surface area (Å²) in [6.07, 6.45) is 1.53. The van der Waals surface area contributed by atoms with Crippen molar-refractivity contribution in [3.05, 3.63) is 11.9 Å². The molecule has 0 aromatic rings. The fourth-order valence-electron chi connectivity index (χ4n) is 0.466. The molecule has 11 heavy (non-hydrogen) atoms. The summed E-state index contributed by atoms with van der Waals surface area (Å²) in [6.45, 7) is 4.00. The fraction of sp³-hybridized carbons (Fsp3) is 0.500. The summed E-state index contributed by atoms with van der Waals surface area (Å²) >= 11 is 5.50. The minimum atomic E-state index is -0.475. The number of rotatable bonds is 0. The van der Waals surface area contributed by atoms with E-state index in [4.69, 9.17) is 23.1 Å². The Morgan fingerprint density at radius 1 is 1.55 bits per heavy atom. The van der Waals surface area contributed by atoms with Crippen molar-refractivity contribution in [1.82, 2.24) is 5.32 Å². The molecule has 0 fully saturated rings. The van der Waals surface area contributed by atoms with E-state index in [1.165, 1.54) is 6.20 Å². The van der Waals surface area contributed by atoms with Gasteiger partial charge >= 0.3 is 0 Å². The second-order valence-corrected chi connectivity index (χ2v) is 2.03. The van der Waals surface area contributed by atoms with Gasteiger partial charge in [0.15, 0.2) is 5.62 Å². The molecule has 0 amide bonds. The van der Waals surface area contributed by atoms with Crippen LogP contribution in [-0.4, -0.2) is 11.5 Å². The number of nitrogens with zero attached hydrogens (tertiary/aromatic N) is 1. The maximum absolute atomic E-state index is 5.50. The van der Waals surface area contributed by atoms with Gasteiger partial charge in [-0.25, -0.2) is 4.99 Å². The van der Waals surface area contributed by atoms with Gasteiger partial charge in [0.2, 0.25) is 0 Å². The molecule has 0 saturated heterocycles. The van der Waals surface area contributed by atoms with Crippen LogP contribution in [0.4, 0.5) is 0 Å². The molecule has 5 heteroatoms. The van der Waals surface area contributed by atoms with Crippen molar-refractivity contribution >= 4 is 17.4 Å². The van der Waals surface area contributed by atoms with Gasteiger partial charge in [0, 0.05) is 6.20 Å². The smallest absolute Gasteiger partial charge is 0.197 e. The molecule has 1 heterocycles. The third-order valence-corrected chi connectivity index (χ3v) is 1.15. The summed E-state index contributed by atoms with van der Waals surface area (Å²) in [5, 5.41) is 2.67. The summed E-state index contributed by atoms with van der Waals surface area (Å²) in [7, 11) is 0. The Morgan fingerprint density at radius 2 is 2.09 bits per heavy atom. The minimum absolute atomic E-state index is 0.286. The number of halogens is 1. The SMILES string of the molecule is CC.NC1=CNC(Cl)N=C1N. The summed E-state index contributed by atoms with van der Waals surface area (Å²) in [5.41, 5.74) is 10.6. The first-order chi connectivity index (χ1) is 5.20. The van der Waals surface area contributed by atoms with Crippen LogP contribution >= 0.6 is 11.6 Å². The van der Waals surface area contributed by atoms with Crippen LogP contribution in [0.25, 0.3) is 0 Å². The minimum Gasteiger partial charge on any atom is -0.395 e. The van der Waals surface area contributed by atoms with Gasteiger partial charge < -0.3 is 16.8 Å². The maximum Gasteiger partial charge on any atom is 0.197 e. The second kappa shape index (κ2) is 4.85. The van der Waals surface area contributed by atoms with Crippen molar-refractivity contribution in [3.63, 3.8) is 0 Å². The lowest BCUT2D eigenvalue weighted by atomic mass is 10.4. The molecule has 1 aliphatic rings. The van der Waals surface area contributed by atoms with Crippen LogP contribution in [0.2, 0.25) is 0 Å². The maximum atomic E-state index is 5.50. The Balaban J connectivity index is 0.000000461. The van der Waals surface area contributed by atoms with Crippen molar-refractivity contribution < 1.29 is 0 Å². The van der Waals surface area contributed by atoms with Crippen LogP contribution in [0.3, 0.4) is 0 Å². The number of hydrogen-bond acceptors (Lipinski definition) is 4. The van der Waals surface area contributed by atoms with Crippen LogP contribution in [0, 0.1) is 0 Å². The van der Waals surface area contributed by atoms with E-state index in [2.05, 4.69) is 10.3 Å². The monoisotopic (exact) mass is 176 g/mol. The molecule has 1 unspecified atom stereocenters. The van der Waals surface area contributed by atoms with Crippen LogP contribution < -0.4 is 16.8 Å². The summed E-state index contributed by atoms with van der Waals surface area (Å²) in [6, 6.07) is 0. The second-order valence-electron chi connectivity index (χ2n) is 1.62. The summed E-state index contributed by atoms with van der Waals surface area (Å²) < 4.78 is 0. The van der Waals surface area contributed by atoms with Gasteiger partial charge in [0.25, 0.3) is 0 Å². The van der Waals surface area contributed by atoms with Crippen LogP contribution in [0.5, 0.6) is 0 Å². The number of alkyl halides is 1. The molecule has 0 radical (unpaired) electrons. The Hall–Kier alpha value is -0.900. The number of amidine groups is 1. The van der Waals surface area contributed by atoms with E-state index < -0.39 is 5.62 Å². The van der Waals surface area contributed by atoms with E-state index in [-0.39, 0.29) is 5.84 Å². The van der Waals surface area contributed by atoms with E-state index in [0.29, 0.717) is 5.70 Å². The molecule has 1 aliphatic heterocycles. The Morgan fingerprint density at radius 3 is 2.45 bits per heavy atom. The third kappa shape index (κ3) is 3.13. The van der Waals surface area contributed by atoms with Crippen LogP contribution in [0.1, 0.15) is 13.8 Å². The zero-order valence-corrected chi connectivity index (χ0v) is 7.39. The van der Waals surface area contributed by atoms with E-state index in [1.54, 1.807) is 0 Å². The third-order valence-electron chi connectivity index (χ3n) is 0.925. The van der Waals surface area contributed by atoms with Gasteiger partial charge in [0.1, 0.15) is 5.84 Å². The first-order valence-corrected chi connectivity index (χ1v) is 3.83. The molecule has 0 spiro atoms. The Bertz CT molecular complexity index is 175. The predicted molar refractivity (Wildman–Crippen MR) is 48.0 cm³/mol. The number of aliphatic imine (C=N–C) groups is 1. The van der Waals surface area contributed by atoms with Crippen molar-refractivity contribution in [2.75, 3.05) is 0 Å². The van der Waals surface area contributed by atoms with Crippen molar-refractivity contribution in [2.45, 2.75) is 19.5 Å². The van der Waals surface area contributed by atoms with Gasteiger partial charge in [0.05, 0.1) is 5.70 Å². The molecule has 0 bridgehead atoms. The highest BCUT2D eigenvalue weighted by atomic mass is 35.5. The average Bonchev–Trinajstić information content (AvgIpc) is 2.02. The highest BCUT2D eigenvalue weighted by molar-refractivity contribution is 6.21. The zero-order chi connectivity index (χ0) is 8.85. The molecule has 1 atom stereocenters. The van der Waals surface area contributed by atoms with Crippen molar-refractivity contribution in [3.8, 4) is 0 Å². The fourth-order valence-corrected chi connectivity index (χ4v) is 0.635. The highest BCUT2D eigenvalue weighted by Crippen LogP contribution is 1.99. The molecule has 0 aromatic carbocycles. The number of nitrogens with one attached hydrogen (secondary N) is 1. The first kappa shape index (κ1) is 10.1. The lowest BCUT2D eigenvalue weighted by Gasteiger charge is -2.12. The van der Waals surface area contributed by atoms with Gasteiger partial charge in [-0.15, -0.1) is 0 Å². The average molecular weight is 177 g/mol. The normalized spacial score (nSPS) is 21.9. The van der Waals surface area contributed by atoms with E-state index in [9.17, 15) is 0 Å². The van der Waals surface area contributed by atoms with Crippen molar-refractivity contribution in [1.29, 1.82) is 0 Å². The first-order valence-electron chi connectivity index (χ1n) is 3.39. The lowest BCUT2D eigenvalue weighted by Crippen LogP contribution is -2.32. The van der Waals surface area contributed by atoms with E-state index in [1.807, 2.05) is 13.8 Å². The molecule has 5 N–H and O–H groups in total. The molecular weight excluding hydrogens is 164 g/mol. The quantitative estimate of drug-likeness (QED) is 0.367. The van der Waals surface area contributed by atoms with Crippen molar-refractivity contribution in [2.24, 2.45) is 16.5 Å². The predicted octanol–water partition coefficient (Wildman–Crippen LogP) is 0.296. The molecule has 0 aromatic heterocycles. The Labute approximate surface area is 71.3 Å². The molecular formula is C6H13ClN4. The molecule has 4 nitrogen and oxygen atoms in total. The van der Waals surface area contributed by atoms with Gasteiger partial charge in [-0.05, 0) is 0 Å². The number of nitrogens with two attached hydrogens (primary N) is 2. The zero-order valence-electron chi connectivity index (χ0n) is 6.63. The largest absolute Gasteiger partial charge is 0.395 e. The molecule has 0 saturated carbocycles.